The van der Waals surface area contributed by atoms with Gasteiger partial charge in [0.1, 0.15) is 11.7 Å². The van der Waals surface area contributed by atoms with E-state index in [-0.39, 0.29) is 23.1 Å². The van der Waals surface area contributed by atoms with E-state index in [1.54, 1.807) is 24.1 Å². The number of carbonyl (C=O) groups excluding carboxylic acids is 1. The number of fused-ring (bicyclic) bond motifs is 1. The summed E-state index contributed by atoms with van der Waals surface area (Å²) >= 11 is 0. The third-order valence-corrected chi connectivity index (χ3v) is 5.36. The lowest BCUT2D eigenvalue weighted by atomic mass is 10.1. The van der Waals surface area contributed by atoms with Gasteiger partial charge in [0.2, 0.25) is 5.95 Å². The van der Waals surface area contributed by atoms with Crippen molar-refractivity contribution in [1.29, 1.82) is 0 Å². The lowest BCUT2D eigenvalue weighted by molar-refractivity contribution is -0.148. The minimum atomic E-state index is -1.92. The summed E-state index contributed by atoms with van der Waals surface area (Å²) in [5, 5.41) is 35.8. The highest BCUT2D eigenvalue weighted by Crippen LogP contribution is 2.25. The standard InChI is InChI=1S/C20H25N7O7/c1-27-11(8-23-15-14(27)17(30)26-20(21)25-15)7-22-10-4-2-9(3-5-10)16(29)24-12(18(31)32)6-13(28)19(33)34/h2-5,11-13,22,28H,6-8H2,1H3,(H,24,29)(H,31,32)(H,33,34)(H4,21,23,25,26,30). The Balaban J connectivity index is 1.59. The molecule has 1 aliphatic rings. The zero-order chi connectivity index (χ0) is 25.0. The Morgan fingerprint density at radius 3 is 2.53 bits per heavy atom. The van der Waals surface area contributed by atoms with Crippen molar-refractivity contribution in [2.24, 2.45) is 0 Å². The molecule has 1 aromatic heterocycles. The molecular weight excluding hydrogens is 450 g/mol. The number of carbonyl (C=O) groups is 3. The van der Waals surface area contributed by atoms with Gasteiger partial charge >= 0.3 is 11.9 Å². The zero-order valence-electron chi connectivity index (χ0n) is 18.1. The van der Waals surface area contributed by atoms with E-state index in [1.807, 2.05) is 0 Å². The molecule has 0 saturated heterocycles. The van der Waals surface area contributed by atoms with Crippen LogP contribution in [0.3, 0.4) is 0 Å². The molecule has 2 heterocycles. The molecular formula is C20H25N7O7. The summed E-state index contributed by atoms with van der Waals surface area (Å²) in [4.78, 5) is 55.0. The van der Waals surface area contributed by atoms with Crippen molar-refractivity contribution in [3.05, 3.63) is 40.2 Å². The van der Waals surface area contributed by atoms with Gasteiger partial charge in [0.25, 0.3) is 11.5 Å². The van der Waals surface area contributed by atoms with Crippen molar-refractivity contribution in [1.82, 2.24) is 15.3 Å². The van der Waals surface area contributed by atoms with E-state index in [4.69, 9.17) is 10.8 Å². The number of benzene rings is 1. The van der Waals surface area contributed by atoms with Crippen LogP contribution >= 0.6 is 0 Å². The summed E-state index contributed by atoms with van der Waals surface area (Å²) in [6, 6.07) is 4.52. The Morgan fingerprint density at radius 2 is 1.91 bits per heavy atom. The van der Waals surface area contributed by atoms with E-state index in [0.717, 1.165) is 0 Å². The van der Waals surface area contributed by atoms with Gasteiger partial charge in [-0.2, -0.15) is 4.98 Å². The van der Waals surface area contributed by atoms with E-state index in [0.29, 0.717) is 30.3 Å². The van der Waals surface area contributed by atoms with Gasteiger partial charge < -0.3 is 41.9 Å². The summed E-state index contributed by atoms with van der Waals surface area (Å²) < 4.78 is 0. The molecule has 0 fully saturated rings. The quantitative estimate of drug-likeness (QED) is 0.212. The van der Waals surface area contributed by atoms with Crippen molar-refractivity contribution < 1.29 is 29.7 Å². The second kappa shape index (κ2) is 10.1. The summed E-state index contributed by atoms with van der Waals surface area (Å²) in [5.74, 6) is -3.34. The number of aromatic amines is 1. The third-order valence-electron chi connectivity index (χ3n) is 5.36. The minimum absolute atomic E-state index is 0.0260. The number of nitrogen functional groups attached to an aromatic ring is 1. The fourth-order valence-corrected chi connectivity index (χ4v) is 3.44. The number of aromatic nitrogens is 2. The first-order valence-corrected chi connectivity index (χ1v) is 10.2. The highest BCUT2D eigenvalue weighted by Gasteiger charge is 2.28. The lowest BCUT2D eigenvalue weighted by Gasteiger charge is -2.35. The van der Waals surface area contributed by atoms with Crippen molar-refractivity contribution in [3.63, 3.8) is 0 Å². The summed E-state index contributed by atoms with van der Waals surface area (Å²) in [5.41, 5.74) is 6.43. The van der Waals surface area contributed by atoms with E-state index < -0.39 is 36.4 Å². The minimum Gasteiger partial charge on any atom is -0.480 e. The molecule has 0 radical (unpaired) electrons. The van der Waals surface area contributed by atoms with E-state index in [9.17, 15) is 29.4 Å². The first-order valence-electron chi connectivity index (χ1n) is 10.2. The van der Waals surface area contributed by atoms with Crippen LogP contribution in [-0.2, 0) is 9.59 Å². The maximum Gasteiger partial charge on any atom is 0.332 e. The normalized spacial score (nSPS) is 16.5. The number of anilines is 4. The van der Waals surface area contributed by atoms with E-state index in [1.165, 1.54) is 12.1 Å². The number of aliphatic hydroxyl groups excluding tert-OH is 1. The number of aliphatic carboxylic acids is 2. The molecule has 2 aromatic rings. The van der Waals surface area contributed by atoms with Crippen LogP contribution in [0.4, 0.5) is 23.1 Å². The average molecular weight is 475 g/mol. The third kappa shape index (κ3) is 5.53. The second-order valence-electron chi connectivity index (χ2n) is 7.71. The summed E-state index contributed by atoms with van der Waals surface area (Å²) in [6.07, 6.45) is -2.59. The first kappa shape index (κ1) is 24.3. The molecule has 1 aromatic carbocycles. The van der Waals surface area contributed by atoms with Crippen molar-refractivity contribution in [2.75, 3.05) is 41.4 Å². The summed E-state index contributed by atoms with van der Waals surface area (Å²) in [7, 11) is 1.77. The van der Waals surface area contributed by atoms with Crippen LogP contribution < -0.4 is 32.1 Å². The predicted molar refractivity (Wildman–Crippen MR) is 122 cm³/mol. The van der Waals surface area contributed by atoms with Gasteiger partial charge in [0, 0.05) is 37.8 Å². The monoisotopic (exact) mass is 475 g/mol. The molecule has 0 spiro atoms. The molecule has 0 saturated carbocycles. The van der Waals surface area contributed by atoms with Crippen LogP contribution in [0.15, 0.2) is 29.1 Å². The van der Waals surface area contributed by atoms with Crippen LogP contribution in [0.1, 0.15) is 16.8 Å². The maximum absolute atomic E-state index is 12.4. The topological polar surface area (TPSA) is 223 Å². The van der Waals surface area contributed by atoms with Crippen molar-refractivity contribution in [2.45, 2.75) is 24.6 Å². The molecule has 1 amide bonds. The Bertz CT molecular complexity index is 1140. The van der Waals surface area contributed by atoms with Crippen molar-refractivity contribution in [3.8, 4) is 0 Å². The Hall–Kier alpha value is -4.33. The van der Waals surface area contributed by atoms with Crippen molar-refractivity contribution >= 4 is 41.0 Å². The number of hydrogen-bond acceptors (Lipinski definition) is 10. The SMILES string of the molecule is CN1c2c(nc(N)[nH]c2=O)NCC1CNc1ccc(C(=O)NC(CC(O)C(=O)O)C(=O)O)cc1. The number of amides is 1. The molecule has 3 rings (SSSR count). The van der Waals surface area contributed by atoms with Crippen LogP contribution in [0.25, 0.3) is 0 Å². The lowest BCUT2D eigenvalue weighted by Crippen LogP contribution is -2.48. The molecule has 1 aliphatic heterocycles. The number of H-pyrrole nitrogens is 1. The number of aliphatic hydroxyl groups is 1. The fraction of sp³-hybridized carbons (Fsp3) is 0.350. The number of likely N-dealkylation sites (N-methyl/N-ethyl adjacent to an activating group) is 1. The van der Waals surface area contributed by atoms with Crippen LogP contribution in [0.5, 0.6) is 0 Å². The predicted octanol–water partition coefficient (Wildman–Crippen LogP) is -1.29. The van der Waals surface area contributed by atoms with Crippen LogP contribution in [0, 0.1) is 0 Å². The molecule has 3 unspecified atom stereocenters. The molecule has 182 valence electrons. The van der Waals surface area contributed by atoms with Gasteiger partial charge in [-0.25, -0.2) is 9.59 Å². The van der Waals surface area contributed by atoms with E-state index >= 15 is 0 Å². The van der Waals surface area contributed by atoms with E-state index in [2.05, 4.69) is 25.9 Å². The number of rotatable bonds is 9. The number of carboxylic acids is 2. The van der Waals surface area contributed by atoms with Gasteiger partial charge in [-0.05, 0) is 24.3 Å². The average Bonchev–Trinajstić information content (AvgIpc) is 2.77. The van der Waals surface area contributed by atoms with Gasteiger partial charge in [-0.15, -0.1) is 0 Å². The Labute approximate surface area is 192 Å². The second-order valence-corrected chi connectivity index (χ2v) is 7.71. The van der Waals surface area contributed by atoms with Gasteiger partial charge in [0.15, 0.2) is 11.9 Å². The largest absolute Gasteiger partial charge is 0.480 e. The molecule has 3 atom stereocenters. The Morgan fingerprint density at radius 1 is 1.24 bits per heavy atom. The maximum atomic E-state index is 12.4. The first-order chi connectivity index (χ1) is 16.1. The molecule has 14 nitrogen and oxygen atoms in total. The van der Waals surface area contributed by atoms with Crippen LogP contribution in [0.2, 0.25) is 0 Å². The Kier molecular flexibility index (Phi) is 7.21. The molecule has 9 N–H and O–H groups in total. The van der Waals surface area contributed by atoms with Gasteiger partial charge in [-0.1, -0.05) is 0 Å². The fourth-order valence-electron chi connectivity index (χ4n) is 3.44. The van der Waals surface area contributed by atoms with Crippen LogP contribution in [-0.4, -0.2) is 81.5 Å². The number of nitrogens with two attached hydrogens (primary N) is 1. The smallest absolute Gasteiger partial charge is 0.332 e. The number of hydrogen-bond donors (Lipinski definition) is 8. The number of nitrogens with zero attached hydrogens (tertiary/aromatic N) is 2. The molecule has 0 bridgehead atoms. The highest BCUT2D eigenvalue weighted by atomic mass is 16.4. The molecule has 0 aliphatic carbocycles. The summed E-state index contributed by atoms with van der Waals surface area (Å²) in [6.45, 7) is 0.956. The molecule has 34 heavy (non-hydrogen) atoms. The molecule has 14 heteroatoms. The van der Waals surface area contributed by atoms with Gasteiger partial charge in [-0.3, -0.25) is 14.6 Å². The number of carboxylic acid groups (broad SMARTS) is 2. The zero-order valence-corrected chi connectivity index (χ0v) is 18.1. The number of nitrogens with one attached hydrogen (secondary N) is 4. The van der Waals surface area contributed by atoms with Gasteiger partial charge in [0.05, 0.1) is 6.04 Å². The highest BCUT2D eigenvalue weighted by molar-refractivity contribution is 5.97.